The average molecular weight is 314 g/mol. The zero-order valence-electron chi connectivity index (χ0n) is 12.4. The summed E-state index contributed by atoms with van der Waals surface area (Å²) in [6.07, 6.45) is 2.05. The number of nitrogens with zero attached hydrogens (tertiary/aromatic N) is 3. The summed E-state index contributed by atoms with van der Waals surface area (Å²) in [7, 11) is 0. The number of aromatic nitrogens is 2. The lowest BCUT2D eigenvalue weighted by molar-refractivity contribution is -0.141. The first-order chi connectivity index (χ1) is 9.40. The van der Waals surface area contributed by atoms with Gasteiger partial charge in [-0.2, -0.15) is 0 Å². The fourth-order valence-corrected chi connectivity index (χ4v) is 2.41. The molecule has 7 heteroatoms. The lowest BCUT2D eigenvalue weighted by Crippen LogP contribution is -2.31. The molecule has 1 unspecified atom stereocenters. The average Bonchev–Trinajstić information content (AvgIpc) is 2.87. The summed E-state index contributed by atoms with van der Waals surface area (Å²) in [6.45, 7) is 6.47. The Morgan fingerprint density at radius 2 is 2.10 bits per heavy atom. The fraction of sp³-hybridized carbons (Fsp3) is 0.571. The van der Waals surface area contributed by atoms with Gasteiger partial charge in [-0.05, 0) is 19.3 Å². The molecule has 0 aliphatic carbocycles. The van der Waals surface area contributed by atoms with Crippen LogP contribution >= 0.6 is 12.4 Å². The van der Waals surface area contributed by atoms with Crippen molar-refractivity contribution in [2.45, 2.75) is 33.1 Å². The van der Waals surface area contributed by atoms with Gasteiger partial charge < -0.3 is 10.0 Å². The molecular formula is C14H20ClN3O3. The molecule has 0 radical (unpaired) electrons. The molecule has 1 aliphatic rings. The van der Waals surface area contributed by atoms with Crippen LogP contribution in [0.3, 0.4) is 0 Å². The van der Waals surface area contributed by atoms with Crippen LogP contribution in [0, 0.1) is 12.8 Å². The Hall–Kier alpha value is -1.69. The minimum absolute atomic E-state index is 0. The highest BCUT2D eigenvalue weighted by molar-refractivity contribution is 5.95. The van der Waals surface area contributed by atoms with Gasteiger partial charge in [-0.15, -0.1) is 12.4 Å². The lowest BCUT2D eigenvalue weighted by Gasteiger charge is -2.18. The number of halogens is 1. The van der Waals surface area contributed by atoms with Gasteiger partial charge in [0.25, 0.3) is 5.91 Å². The van der Waals surface area contributed by atoms with Gasteiger partial charge in [-0.1, -0.05) is 13.8 Å². The van der Waals surface area contributed by atoms with Gasteiger partial charge >= 0.3 is 5.97 Å². The maximum atomic E-state index is 12.5. The molecule has 1 aliphatic heterocycles. The maximum Gasteiger partial charge on any atom is 0.308 e. The highest BCUT2D eigenvalue weighted by Gasteiger charge is 2.32. The summed E-state index contributed by atoms with van der Waals surface area (Å²) < 4.78 is 0. The maximum absolute atomic E-state index is 12.5. The Kier molecular flexibility index (Phi) is 5.66. The Bertz CT molecular complexity index is 548. The molecule has 0 spiro atoms. The topological polar surface area (TPSA) is 83.4 Å². The molecule has 2 rings (SSSR count). The third kappa shape index (κ3) is 3.69. The van der Waals surface area contributed by atoms with E-state index < -0.39 is 11.9 Å². The van der Waals surface area contributed by atoms with Gasteiger partial charge in [0.2, 0.25) is 0 Å². The standard InChI is InChI=1S/C14H19N3O3.ClH/c1-8(2)12-11(6-15-9(3)16-12)13(18)17-5-4-10(7-17)14(19)20;/h6,8,10H,4-5,7H2,1-3H3,(H,19,20);1H. The zero-order valence-corrected chi connectivity index (χ0v) is 13.2. The second-order valence-electron chi connectivity index (χ2n) is 5.45. The summed E-state index contributed by atoms with van der Waals surface area (Å²) in [5, 5.41) is 9.00. The first kappa shape index (κ1) is 17.4. The Labute approximate surface area is 130 Å². The van der Waals surface area contributed by atoms with E-state index in [2.05, 4.69) is 9.97 Å². The fourth-order valence-electron chi connectivity index (χ4n) is 2.41. The van der Waals surface area contributed by atoms with E-state index in [0.29, 0.717) is 24.4 Å². The number of carboxylic acid groups (broad SMARTS) is 1. The Balaban J connectivity index is 0.00000220. The normalized spacial score (nSPS) is 17.7. The van der Waals surface area contributed by atoms with Crippen LogP contribution in [-0.4, -0.2) is 44.9 Å². The molecule has 1 N–H and O–H groups in total. The highest BCUT2D eigenvalue weighted by atomic mass is 35.5. The van der Waals surface area contributed by atoms with Crippen molar-refractivity contribution in [2.24, 2.45) is 5.92 Å². The van der Waals surface area contributed by atoms with E-state index in [0.717, 1.165) is 5.69 Å². The second-order valence-corrected chi connectivity index (χ2v) is 5.45. The second kappa shape index (κ2) is 6.85. The van der Waals surface area contributed by atoms with Crippen molar-refractivity contribution in [1.82, 2.24) is 14.9 Å². The number of rotatable bonds is 3. The van der Waals surface area contributed by atoms with E-state index in [-0.39, 0.29) is 30.8 Å². The van der Waals surface area contributed by atoms with E-state index >= 15 is 0 Å². The third-order valence-corrected chi connectivity index (χ3v) is 3.54. The summed E-state index contributed by atoms with van der Waals surface area (Å²) in [5.41, 5.74) is 1.21. The van der Waals surface area contributed by atoms with Crippen LogP contribution in [0.5, 0.6) is 0 Å². The SMILES string of the molecule is Cc1ncc(C(=O)N2CCC(C(=O)O)C2)c(C(C)C)n1.Cl. The van der Waals surface area contributed by atoms with Gasteiger partial charge in [0.15, 0.2) is 0 Å². The van der Waals surface area contributed by atoms with E-state index in [9.17, 15) is 9.59 Å². The van der Waals surface area contributed by atoms with Crippen molar-refractivity contribution < 1.29 is 14.7 Å². The number of carbonyl (C=O) groups excluding carboxylic acids is 1. The van der Waals surface area contributed by atoms with E-state index in [1.54, 1.807) is 18.0 Å². The number of aryl methyl sites for hydroxylation is 1. The van der Waals surface area contributed by atoms with Gasteiger partial charge in [-0.3, -0.25) is 9.59 Å². The monoisotopic (exact) mass is 313 g/mol. The van der Waals surface area contributed by atoms with Crippen LogP contribution in [0.25, 0.3) is 0 Å². The van der Waals surface area contributed by atoms with E-state index in [4.69, 9.17) is 5.11 Å². The summed E-state index contributed by atoms with van der Waals surface area (Å²) in [5.74, 6) is -0.724. The molecule has 1 saturated heterocycles. The van der Waals surface area contributed by atoms with Gasteiger partial charge in [0, 0.05) is 19.3 Å². The molecular weight excluding hydrogens is 294 g/mol. The largest absolute Gasteiger partial charge is 0.481 e. The molecule has 116 valence electrons. The molecule has 1 fully saturated rings. The zero-order chi connectivity index (χ0) is 14.9. The van der Waals surface area contributed by atoms with Crippen molar-refractivity contribution in [3.05, 3.63) is 23.3 Å². The molecule has 0 bridgehead atoms. The lowest BCUT2D eigenvalue weighted by atomic mass is 10.0. The molecule has 6 nitrogen and oxygen atoms in total. The van der Waals surface area contributed by atoms with Gasteiger partial charge in [0.1, 0.15) is 5.82 Å². The van der Waals surface area contributed by atoms with Crippen molar-refractivity contribution >= 4 is 24.3 Å². The predicted molar refractivity (Wildman–Crippen MR) is 79.8 cm³/mol. The summed E-state index contributed by atoms with van der Waals surface area (Å²) in [6, 6.07) is 0. The first-order valence-electron chi connectivity index (χ1n) is 6.75. The quantitative estimate of drug-likeness (QED) is 0.921. The van der Waals surface area contributed by atoms with Crippen LogP contribution < -0.4 is 0 Å². The van der Waals surface area contributed by atoms with E-state index in [1.807, 2.05) is 13.8 Å². The summed E-state index contributed by atoms with van der Waals surface area (Å²) in [4.78, 5) is 33.5. The first-order valence-corrected chi connectivity index (χ1v) is 6.75. The molecule has 0 aromatic carbocycles. The number of hydrogen-bond donors (Lipinski definition) is 1. The molecule has 0 saturated carbocycles. The number of carbonyl (C=O) groups is 2. The van der Waals surface area contributed by atoms with Crippen LogP contribution in [-0.2, 0) is 4.79 Å². The molecule has 1 aromatic heterocycles. The highest BCUT2D eigenvalue weighted by Crippen LogP contribution is 2.22. The number of carboxylic acids is 1. The van der Waals surface area contributed by atoms with Crippen molar-refractivity contribution in [3.8, 4) is 0 Å². The number of aliphatic carboxylic acids is 1. The minimum atomic E-state index is -0.843. The molecule has 1 atom stereocenters. The molecule has 21 heavy (non-hydrogen) atoms. The molecule has 2 heterocycles. The number of amides is 1. The van der Waals surface area contributed by atoms with Crippen molar-refractivity contribution in [2.75, 3.05) is 13.1 Å². The summed E-state index contributed by atoms with van der Waals surface area (Å²) >= 11 is 0. The Morgan fingerprint density at radius 1 is 1.43 bits per heavy atom. The van der Waals surface area contributed by atoms with Crippen LogP contribution in [0.4, 0.5) is 0 Å². The van der Waals surface area contributed by atoms with Gasteiger partial charge in [0.05, 0.1) is 17.2 Å². The number of hydrogen-bond acceptors (Lipinski definition) is 4. The van der Waals surface area contributed by atoms with Crippen molar-refractivity contribution in [3.63, 3.8) is 0 Å². The molecule has 1 aromatic rings. The third-order valence-electron chi connectivity index (χ3n) is 3.54. The van der Waals surface area contributed by atoms with Crippen LogP contribution in [0.1, 0.15) is 48.1 Å². The van der Waals surface area contributed by atoms with E-state index in [1.165, 1.54) is 0 Å². The smallest absolute Gasteiger partial charge is 0.308 e. The van der Waals surface area contributed by atoms with Crippen LogP contribution in [0.15, 0.2) is 6.20 Å². The van der Waals surface area contributed by atoms with Crippen molar-refractivity contribution in [1.29, 1.82) is 0 Å². The predicted octanol–water partition coefficient (Wildman–Crippen LogP) is 1.88. The number of likely N-dealkylation sites (tertiary alicyclic amines) is 1. The minimum Gasteiger partial charge on any atom is -0.481 e. The van der Waals surface area contributed by atoms with Crippen LogP contribution in [0.2, 0.25) is 0 Å². The van der Waals surface area contributed by atoms with Gasteiger partial charge in [-0.25, -0.2) is 9.97 Å². The molecule has 1 amide bonds. The Morgan fingerprint density at radius 3 is 2.62 bits per heavy atom.